The Morgan fingerprint density at radius 1 is 1.23 bits per heavy atom. The number of hydroxylamine groups is 2. The predicted molar refractivity (Wildman–Crippen MR) is 82.2 cm³/mol. The Morgan fingerprint density at radius 3 is 2.27 bits per heavy atom. The van der Waals surface area contributed by atoms with Gasteiger partial charge >= 0.3 is 5.97 Å². The largest absolute Gasteiger partial charge is 0.434 e. The molecule has 0 N–H and O–H groups in total. The molecule has 0 saturated carbocycles. The Labute approximate surface area is 131 Å². The van der Waals surface area contributed by atoms with Crippen molar-refractivity contribution in [1.29, 1.82) is 0 Å². The lowest BCUT2D eigenvalue weighted by Crippen LogP contribution is -2.42. The topological polar surface area (TPSA) is 55.8 Å². The highest BCUT2D eigenvalue weighted by molar-refractivity contribution is 5.97. The van der Waals surface area contributed by atoms with Crippen LogP contribution in [0.2, 0.25) is 0 Å². The van der Waals surface area contributed by atoms with E-state index >= 15 is 0 Å². The first-order chi connectivity index (χ1) is 10.1. The number of carbonyl (C=O) groups is 2. The average Bonchev–Trinajstić information content (AvgIpc) is 2.61. The molecule has 5 nitrogen and oxygen atoms in total. The molecule has 0 radical (unpaired) electrons. The van der Waals surface area contributed by atoms with Crippen LogP contribution in [0.5, 0.6) is 0 Å². The van der Waals surface area contributed by atoms with Gasteiger partial charge in [0.1, 0.15) is 0 Å². The van der Waals surface area contributed by atoms with Gasteiger partial charge in [0.05, 0.1) is 5.54 Å². The van der Waals surface area contributed by atoms with Crippen molar-refractivity contribution in [2.45, 2.75) is 59.8 Å². The molecule has 0 bridgehead atoms. The van der Waals surface area contributed by atoms with Crippen LogP contribution in [0.4, 0.5) is 0 Å². The zero-order valence-corrected chi connectivity index (χ0v) is 14.0. The maximum Gasteiger partial charge on any atom is 0.305 e. The maximum atomic E-state index is 12.9. The first kappa shape index (κ1) is 16.5. The number of hydrogen-bond donors (Lipinski definition) is 0. The molecule has 1 saturated heterocycles. The van der Waals surface area contributed by atoms with Crippen LogP contribution in [0.1, 0.15) is 54.2 Å². The molecule has 1 unspecified atom stereocenters. The first-order valence-corrected chi connectivity index (χ1v) is 7.38. The van der Waals surface area contributed by atoms with Crippen molar-refractivity contribution >= 4 is 11.9 Å². The monoisotopic (exact) mass is 305 g/mol. The highest BCUT2D eigenvalue weighted by Gasteiger charge is 2.45. The summed E-state index contributed by atoms with van der Waals surface area (Å²) in [5.41, 5.74) is 3.05. The standard InChI is InChI=1S/C17H23NO4/c1-10-7-11(2)15(12(3)8-10)16(20)18-17(5,6)9-14(22-18)21-13(4)19/h7-8,14H,9H2,1-6H3. The van der Waals surface area contributed by atoms with E-state index in [-0.39, 0.29) is 5.91 Å². The minimum absolute atomic E-state index is 0.199. The number of benzene rings is 1. The first-order valence-electron chi connectivity index (χ1n) is 7.38. The van der Waals surface area contributed by atoms with Gasteiger partial charge in [-0.1, -0.05) is 17.7 Å². The van der Waals surface area contributed by atoms with Crippen molar-refractivity contribution in [2.75, 3.05) is 0 Å². The van der Waals surface area contributed by atoms with E-state index in [4.69, 9.17) is 9.57 Å². The van der Waals surface area contributed by atoms with Gasteiger partial charge in [-0.25, -0.2) is 9.90 Å². The molecular formula is C17H23NO4. The number of carbonyl (C=O) groups excluding carboxylic acids is 2. The molecule has 1 fully saturated rings. The van der Waals surface area contributed by atoms with Crippen molar-refractivity contribution in [1.82, 2.24) is 5.06 Å². The Hall–Kier alpha value is -1.88. The summed E-state index contributed by atoms with van der Waals surface area (Å²) >= 11 is 0. The van der Waals surface area contributed by atoms with E-state index in [1.54, 1.807) is 0 Å². The number of rotatable bonds is 2. The predicted octanol–water partition coefficient (Wildman–Crippen LogP) is 3.06. The Bertz CT molecular complexity index is 598. The highest BCUT2D eigenvalue weighted by atomic mass is 16.8. The summed E-state index contributed by atoms with van der Waals surface area (Å²) in [5, 5.41) is 1.34. The van der Waals surface area contributed by atoms with Gasteiger partial charge in [-0.2, -0.15) is 0 Å². The van der Waals surface area contributed by atoms with Crippen LogP contribution in [0.25, 0.3) is 0 Å². The smallest absolute Gasteiger partial charge is 0.305 e. The Kier molecular flexibility index (Phi) is 4.29. The number of esters is 1. The van der Waals surface area contributed by atoms with Gasteiger partial charge in [0.25, 0.3) is 5.91 Å². The number of hydrogen-bond acceptors (Lipinski definition) is 4. The van der Waals surface area contributed by atoms with Gasteiger partial charge in [-0.05, 0) is 45.7 Å². The molecule has 0 aromatic heterocycles. The van der Waals surface area contributed by atoms with Crippen molar-refractivity contribution < 1.29 is 19.2 Å². The molecule has 120 valence electrons. The maximum absolute atomic E-state index is 12.9. The Morgan fingerprint density at radius 2 is 1.77 bits per heavy atom. The fourth-order valence-corrected chi connectivity index (χ4v) is 2.98. The van der Waals surface area contributed by atoms with Crippen molar-refractivity contribution in [3.8, 4) is 0 Å². The van der Waals surface area contributed by atoms with Crippen LogP contribution in [-0.2, 0) is 14.4 Å². The molecule has 1 aliphatic rings. The molecule has 0 spiro atoms. The molecule has 1 aliphatic heterocycles. The lowest BCUT2D eigenvalue weighted by molar-refractivity contribution is -0.220. The van der Waals surface area contributed by atoms with E-state index in [1.165, 1.54) is 12.0 Å². The molecular weight excluding hydrogens is 282 g/mol. The quantitative estimate of drug-likeness (QED) is 0.788. The van der Waals surface area contributed by atoms with Gasteiger partial charge in [0.2, 0.25) is 6.29 Å². The lowest BCUT2D eigenvalue weighted by atomic mass is 9.96. The van der Waals surface area contributed by atoms with E-state index in [0.29, 0.717) is 12.0 Å². The van der Waals surface area contributed by atoms with E-state index in [9.17, 15) is 9.59 Å². The number of amides is 1. The third-order valence-corrected chi connectivity index (χ3v) is 3.81. The molecule has 0 aliphatic carbocycles. The minimum Gasteiger partial charge on any atom is -0.434 e. The summed E-state index contributed by atoms with van der Waals surface area (Å²) in [6, 6.07) is 3.96. The SMILES string of the molecule is CC(=O)OC1CC(C)(C)N(C(=O)c2c(C)cc(C)cc2C)O1. The second-order valence-electron chi connectivity index (χ2n) is 6.53. The van der Waals surface area contributed by atoms with Crippen LogP contribution in [0.3, 0.4) is 0 Å². The summed E-state index contributed by atoms with van der Waals surface area (Å²) in [7, 11) is 0. The molecule has 2 rings (SSSR count). The van der Waals surface area contributed by atoms with Gasteiger partial charge in [-0.3, -0.25) is 9.59 Å². The van der Waals surface area contributed by atoms with Gasteiger partial charge in [-0.15, -0.1) is 0 Å². The van der Waals surface area contributed by atoms with Crippen molar-refractivity contribution in [3.63, 3.8) is 0 Å². The van der Waals surface area contributed by atoms with Gasteiger partial charge < -0.3 is 4.74 Å². The van der Waals surface area contributed by atoms with Crippen molar-refractivity contribution in [3.05, 3.63) is 34.4 Å². The molecule has 1 aromatic carbocycles. The van der Waals surface area contributed by atoms with Gasteiger partial charge in [0, 0.05) is 18.9 Å². The Balaban J connectivity index is 2.31. The van der Waals surface area contributed by atoms with Crippen LogP contribution in [0, 0.1) is 20.8 Å². The zero-order valence-electron chi connectivity index (χ0n) is 14.0. The van der Waals surface area contributed by atoms with Crippen LogP contribution < -0.4 is 0 Å². The van der Waals surface area contributed by atoms with Crippen LogP contribution in [0.15, 0.2) is 12.1 Å². The lowest BCUT2D eigenvalue weighted by Gasteiger charge is -2.29. The van der Waals surface area contributed by atoms with E-state index < -0.39 is 17.8 Å². The minimum atomic E-state index is -0.720. The molecule has 1 amide bonds. The molecule has 1 heterocycles. The van der Waals surface area contributed by atoms with Crippen molar-refractivity contribution in [2.24, 2.45) is 0 Å². The molecule has 1 aromatic rings. The summed E-state index contributed by atoms with van der Waals surface area (Å²) in [4.78, 5) is 29.6. The second-order valence-corrected chi connectivity index (χ2v) is 6.53. The van der Waals surface area contributed by atoms with E-state index in [1.807, 2.05) is 46.8 Å². The van der Waals surface area contributed by atoms with E-state index in [0.717, 1.165) is 16.7 Å². The molecule has 1 atom stereocenters. The average molecular weight is 305 g/mol. The number of nitrogens with zero attached hydrogens (tertiary/aromatic N) is 1. The second kappa shape index (κ2) is 5.72. The zero-order chi connectivity index (χ0) is 16.7. The summed E-state index contributed by atoms with van der Waals surface area (Å²) in [6.45, 7) is 11.0. The molecule has 22 heavy (non-hydrogen) atoms. The van der Waals surface area contributed by atoms with Crippen LogP contribution >= 0.6 is 0 Å². The molecule has 5 heteroatoms. The third kappa shape index (κ3) is 3.14. The normalized spacial score (nSPS) is 20.1. The highest BCUT2D eigenvalue weighted by Crippen LogP contribution is 2.34. The third-order valence-electron chi connectivity index (χ3n) is 3.81. The summed E-state index contributed by atoms with van der Waals surface area (Å²) in [6.07, 6.45) is -0.273. The summed E-state index contributed by atoms with van der Waals surface area (Å²) in [5.74, 6) is -0.618. The van der Waals surface area contributed by atoms with Crippen LogP contribution in [-0.4, -0.2) is 28.8 Å². The number of aryl methyl sites for hydroxylation is 3. The fraction of sp³-hybridized carbons (Fsp3) is 0.529. The van der Waals surface area contributed by atoms with E-state index in [2.05, 4.69) is 0 Å². The fourth-order valence-electron chi connectivity index (χ4n) is 2.98. The summed E-state index contributed by atoms with van der Waals surface area (Å²) < 4.78 is 5.09. The number of ether oxygens (including phenoxy) is 1. The van der Waals surface area contributed by atoms with Gasteiger partial charge in [0.15, 0.2) is 0 Å².